The zero-order chi connectivity index (χ0) is 19.7. The molecule has 28 heavy (non-hydrogen) atoms. The van der Waals surface area contributed by atoms with E-state index in [0.29, 0.717) is 11.5 Å². The molecule has 0 radical (unpaired) electrons. The van der Waals surface area contributed by atoms with E-state index < -0.39 is 4.92 Å². The molecule has 1 aromatic heterocycles. The minimum atomic E-state index is -0.424. The molecule has 0 bridgehead atoms. The molecule has 0 aliphatic carbocycles. The first-order valence-electron chi connectivity index (χ1n) is 8.76. The number of non-ortho nitro benzene ring substituents is 1. The molecule has 0 atom stereocenters. The van der Waals surface area contributed by atoms with Crippen molar-refractivity contribution in [1.29, 1.82) is 0 Å². The normalized spacial score (nSPS) is 11.4. The van der Waals surface area contributed by atoms with Gasteiger partial charge in [0.15, 0.2) is 5.58 Å². The predicted octanol–water partition coefficient (Wildman–Crippen LogP) is 5.77. The zero-order valence-electron chi connectivity index (χ0n) is 15.4. The molecule has 0 aliphatic heterocycles. The van der Waals surface area contributed by atoms with Gasteiger partial charge in [0.05, 0.1) is 10.6 Å². The van der Waals surface area contributed by atoms with Gasteiger partial charge in [-0.15, -0.1) is 0 Å². The fourth-order valence-corrected chi connectivity index (χ4v) is 2.83. The number of oxazole rings is 1. The summed E-state index contributed by atoms with van der Waals surface area (Å²) in [5.74, 6) is 0.578. The SMILES string of the molecule is Cc1ccc(-c2nc3cc(N=Cc4ccc([N+](=O)[O-])cc4)ccc3o2)cc1C. The van der Waals surface area contributed by atoms with Gasteiger partial charge in [-0.2, -0.15) is 0 Å². The fourth-order valence-electron chi connectivity index (χ4n) is 2.83. The Balaban J connectivity index is 1.60. The number of aromatic nitrogens is 1. The number of nitrogens with zero attached hydrogens (tertiary/aromatic N) is 3. The second kappa shape index (κ2) is 7.08. The van der Waals surface area contributed by atoms with E-state index in [1.54, 1.807) is 18.3 Å². The number of benzene rings is 3. The van der Waals surface area contributed by atoms with Crippen LogP contribution in [0.3, 0.4) is 0 Å². The lowest BCUT2D eigenvalue weighted by Crippen LogP contribution is -1.88. The smallest absolute Gasteiger partial charge is 0.269 e. The highest BCUT2D eigenvalue weighted by Crippen LogP contribution is 2.28. The summed E-state index contributed by atoms with van der Waals surface area (Å²) in [4.78, 5) is 19.3. The number of fused-ring (bicyclic) bond motifs is 1. The van der Waals surface area contributed by atoms with E-state index >= 15 is 0 Å². The van der Waals surface area contributed by atoms with Crippen LogP contribution in [0.25, 0.3) is 22.6 Å². The van der Waals surface area contributed by atoms with Crippen LogP contribution in [0.4, 0.5) is 11.4 Å². The van der Waals surface area contributed by atoms with Crippen LogP contribution in [0.2, 0.25) is 0 Å². The third-order valence-corrected chi connectivity index (χ3v) is 4.59. The maximum absolute atomic E-state index is 10.7. The Morgan fingerprint density at radius 3 is 2.50 bits per heavy atom. The molecule has 0 spiro atoms. The summed E-state index contributed by atoms with van der Waals surface area (Å²) in [6.07, 6.45) is 1.66. The molecule has 3 aromatic carbocycles. The van der Waals surface area contributed by atoms with E-state index in [4.69, 9.17) is 4.42 Å². The molecule has 0 saturated heterocycles. The zero-order valence-corrected chi connectivity index (χ0v) is 15.4. The highest BCUT2D eigenvalue weighted by Gasteiger charge is 2.09. The highest BCUT2D eigenvalue weighted by molar-refractivity contribution is 5.85. The average molecular weight is 371 g/mol. The van der Waals surface area contributed by atoms with Crippen LogP contribution < -0.4 is 0 Å². The van der Waals surface area contributed by atoms with Crippen LogP contribution in [0.15, 0.2) is 70.1 Å². The predicted molar refractivity (Wildman–Crippen MR) is 109 cm³/mol. The molecule has 4 aromatic rings. The summed E-state index contributed by atoms with van der Waals surface area (Å²) >= 11 is 0. The van der Waals surface area contributed by atoms with Crippen molar-refractivity contribution in [2.24, 2.45) is 4.99 Å². The van der Waals surface area contributed by atoms with E-state index in [1.807, 2.05) is 24.3 Å². The Hall–Kier alpha value is -3.80. The molecule has 6 nitrogen and oxygen atoms in total. The van der Waals surface area contributed by atoms with Crippen LogP contribution in [0, 0.1) is 24.0 Å². The van der Waals surface area contributed by atoms with Gasteiger partial charge in [0.2, 0.25) is 5.89 Å². The van der Waals surface area contributed by atoms with Crippen molar-refractivity contribution in [3.63, 3.8) is 0 Å². The Labute approximate surface area is 161 Å². The van der Waals surface area contributed by atoms with E-state index in [0.717, 1.165) is 22.3 Å². The Morgan fingerprint density at radius 2 is 1.79 bits per heavy atom. The first kappa shape index (κ1) is 17.6. The minimum Gasteiger partial charge on any atom is -0.436 e. The first-order valence-corrected chi connectivity index (χ1v) is 8.76. The molecule has 138 valence electrons. The third kappa shape index (κ3) is 3.53. The maximum Gasteiger partial charge on any atom is 0.269 e. The third-order valence-electron chi connectivity index (χ3n) is 4.59. The topological polar surface area (TPSA) is 81.5 Å². The van der Waals surface area contributed by atoms with Crippen LogP contribution in [-0.4, -0.2) is 16.1 Å². The maximum atomic E-state index is 10.7. The van der Waals surface area contributed by atoms with Crippen molar-refractivity contribution in [2.45, 2.75) is 13.8 Å². The number of hydrogen-bond acceptors (Lipinski definition) is 5. The summed E-state index contributed by atoms with van der Waals surface area (Å²) in [7, 11) is 0. The van der Waals surface area contributed by atoms with E-state index in [2.05, 4.69) is 36.0 Å². The Bertz CT molecular complexity index is 1210. The van der Waals surface area contributed by atoms with Crippen LogP contribution in [-0.2, 0) is 0 Å². The molecule has 1 heterocycles. The Kier molecular flexibility index (Phi) is 4.45. The lowest BCUT2D eigenvalue weighted by atomic mass is 10.1. The molecule has 6 heteroatoms. The fraction of sp³-hybridized carbons (Fsp3) is 0.0909. The van der Waals surface area contributed by atoms with Gasteiger partial charge in [-0.1, -0.05) is 6.07 Å². The van der Waals surface area contributed by atoms with Crippen LogP contribution in [0.5, 0.6) is 0 Å². The molecule has 0 unspecified atom stereocenters. The molecule has 0 aliphatic rings. The molecular formula is C22H17N3O3. The van der Waals surface area contributed by atoms with Gasteiger partial charge in [-0.05, 0) is 73.0 Å². The van der Waals surface area contributed by atoms with E-state index in [1.165, 1.54) is 23.3 Å². The van der Waals surface area contributed by atoms with Crippen molar-refractivity contribution in [3.05, 3.63) is 87.5 Å². The Morgan fingerprint density at radius 1 is 1.00 bits per heavy atom. The largest absolute Gasteiger partial charge is 0.436 e. The number of rotatable bonds is 4. The lowest BCUT2D eigenvalue weighted by Gasteiger charge is -2.01. The highest BCUT2D eigenvalue weighted by atomic mass is 16.6. The van der Waals surface area contributed by atoms with Gasteiger partial charge >= 0.3 is 0 Å². The summed E-state index contributed by atoms with van der Waals surface area (Å²) in [6.45, 7) is 4.13. The van der Waals surface area contributed by atoms with Crippen LogP contribution >= 0.6 is 0 Å². The molecule has 0 N–H and O–H groups in total. The first-order chi connectivity index (χ1) is 13.5. The van der Waals surface area contributed by atoms with Gasteiger partial charge in [-0.3, -0.25) is 15.1 Å². The van der Waals surface area contributed by atoms with Crippen molar-refractivity contribution in [1.82, 2.24) is 4.98 Å². The quantitative estimate of drug-likeness (QED) is 0.259. The molecule has 0 amide bonds. The summed E-state index contributed by atoms with van der Waals surface area (Å²) < 4.78 is 5.88. The second-order valence-electron chi connectivity index (χ2n) is 6.58. The van der Waals surface area contributed by atoms with Crippen molar-refractivity contribution in [3.8, 4) is 11.5 Å². The number of hydrogen-bond donors (Lipinski definition) is 0. The van der Waals surface area contributed by atoms with Crippen LogP contribution in [0.1, 0.15) is 16.7 Å². The van der Waals surface area contributed by atoms with Crippen molar-refractivity contribution in [2.75, 3.05) is 0 Å². The van der Waals surface area contributed by atoms with Gasteiger partial charge < -0.3 is 4.42 Å². The van der Waals surface area contributed by atoms with Gasteiger partial charge in [-0.25, -0.2) is 4.98 Å². The molecule has 0 saturated carbocycles. The van der Waals surface area contributed by atoms with Gasteiger partial charge in [0.1, 0.15) is 5.52 Å². The minimum absolute atomic E-state index is 0.0556. The van der Waals surface area contributed by atoms with E-state index in [-0.39, 0.29) is 5.69 Å². The van der Waals surface area contributed by atoms with Gasteiger partial charge in [0, 0.05) is 23.9 Å². The number of aryl methyl sites for hydroxylation is 2. The van der Waals surface area contributed by atoms with Crippen molar-refractivity contribution >= 4 is 28.7 Å². The monoisotopic (exact) mass is 371 g/mol. The molecular weight excluding hydrogens is 354 g/mol. The summed E-state index contributed by atoms with van der Waals surface area (Å²) in [6, 6.07) is 17.9. The number of nitro benzene ring substituents is 1. The summed E-state index contributed by atoms with van der Waals surface area (Å²) in [5, 5.41) is 10.7. The molecule has 4 rings (SSSR count). The molecule has 0 fully saturated rings. The standard InChI is InChI=1S/C22H17N3O3/c1-14-3-6-17(11-15(14)2)22-24-20-12-18(7-10-21(20)28-22)23-13-16-4-8-19(9-5-16)25(26)27/h3-13H,1-2H3. The number of aliphatic imine (C=N–C) groups is 1. The lowest BCUT2D eigenvalue weighted by molar-refractivity contribution is -0.384. The van der Waals surface area contributed by atoms with Gasteiger partial charge in [0.25, 0.3) is 5.69 Å². The van der Waals surface area contributed by atoms with E-state index in [9.17, 15) is 10.1 Å². The number of nitro groups is 1. The summed E-state index contributed by atoms with van der Waals surface area (Å²) in [5.41, 5.74) is 6.34. The average Bonchev–Trinajstić information content (AvgIpc) is 3.12. The van der Waals surface area contributed by atoms with Crippen molar-refractivity contribution < 1.29 is 9.34 Å². The second-order valence-corrected chi connectivity index (χ2v) is 6.58.